The van der Waals surface area contributed by atoms with Gasteiger partial charge in [0.05, 0.1) is 36.7 Å². The van der Waals surface area contributed by atoms with E-state index in [1.54, 1.807) is 30.3 Å². The van der Waals surface area contributed by atoms with Gasteiger partial charge in [-0.05, 0) is 26.5 Å². The van der Waals surface area contributed by atoms with Crippen molar-refractivity contribution in [3.63, 3.8) is 0 Å². The van der Waals surface area contributed by atoms with Gasteiger partial charge in [0.2, 0.25) is 23.6 Å². The maximum absolute atomic E-state index is 13.4. The zero-order valence-corrected chi connectivity index (χ0v) is 31.9. The summed E-state index contributed by atoms with van der Waals surface area (Å²) < 4.78 is 5.21. The molecule has 1 fully saturated rings. The highest BCUT2D eigenvalue weighted by atomic mass is 33.1. The van der Waals surface area contributed by atoms with E-state index in [2.05, 4.69) is 26.6 Å². The quantitative estimate of drug-likeness (QED) is 0.0781. The molecule has 0 radical (unpaired) electrons. The zero-order chi connectivity index (χ0) is 38.8. The fourth-order valence-corrected chi connectivity index (χ4v) is 9.04. The minimum Gasteiger partial charge on any atom is -0.481 e. The molecule has 0 spiro atoms. The maximum Gasteiger partial charge on any atom is 0.313 e. The van der Waals surface area contributed by atoms with Crippen LogP contribution in [0.15, 0.2) is 30.3 Å². The van der Waals surface area contributed by atoms with Crippen molar-refractivity contribution in [2.75, 3.05) is 30.1 Å². The molecule has 1 unspecified atom stereocenters. The van der Waals surface area contributed by atoms with Crippen LogP contribution in [-0.4, -0.2) is 130 Å². The first-order chi connectivity index (χ1) is 24.6. The number of hydrogen-bond donors (Lipinski definition) is 8. The lowest BCUT2D eigenvalue weighted by atomic mass is 10.1. The Morgan fingerprint density at radius 1 is 0.865 bits per heavy atom. The van der Waals surface area contributed by atoms with Crippen LogP contribution in [-0.2, 0) is 49.7 Å². The Labute approximate surface area is 316 Å². The number of aliphatic carboxylic acids is 1. The van der Waals surface area contributed by atoms with Crippen LogP contribution in [0.5, 0.6) is 0 Å². The molecule has 17 nitrogen and oxygen atoms in total. The molecule has 0 bridgehead atoms. The van der Waals surface area contributed by atoms with Gasteiger partial charge in [0, 0.05) is 23.0 Å². The third kappa shape index (κ3) is 16.1. The molecule has 7 atom stereocenters. The Hall–Kier alpha value is -3.34. The highest BCUT2D eigenvalue weighted by Gasteiger charge is 2.33. The second kappa shape index (κ2) is 23.4. The van der Waals surface area contributed by atoms with Gasteiger partial charge in [-0.2, -0.15) is 0 Å². The van der Waals surface area contributed by atoms with E-state index in [-0.39, 0.29) is 29.6 Å². The number of aliphatic hydroxyl groups excluding tert-OH is 1. The van der Waals surface area contributed by atoms with Gasteiger partial charge in [-0.1, -0.05) is 73.5 Å². The van der Waals surface area contributed by atoms with Crippen molar-refractivity contribution in [2.45, 2.75) is 75.7 Å². The number of benzene rings is 1. The van der Waals surface area contributed by atoms with Crippen molar-refractivity contribution in [3.8, 4) is 0 Å². The van der Waals surface area contributed by atoms with E-state index < -0.39 is 102 Å². The van der Waals surface area contributed by atoms with E-state index in [0.717, 1.165) is 43.2 Å². The number of likely N-dealkylation sites (N-methyl/N-ethyl adjacent to an activating group) is 1. The number of ketones is 2. The van der Waals surface area contributed by atoms with Crippen molar-refractivity contribution >= 4 is 90.3 Å². The fraction of sp³-hybridized carbons (Fsp3) is 0.548. The first-order valence-electron chi connectivity index (χ1n) is 15.9. The molecule has 1 aliphatic heterocycles. The number of aliphatic hydroxyl groups is 1. The van der Waals surface area contributed by atoms with Gasteiger partial charge < -0.3 is 47.3 Å². The van der Waals surface area contributed by atoms with E-state index in [9.17, 15) is 48.6 Å². The molecular weight excluding hydrogens is 761 g/mol. The van der Waals surface area contributed by atoms with Crippen LogP contribution < -0.4 is 32.3 Å². The van der Waals surface area contributed by atoms with Gasteiger partial charge in [0.1, 0.15) is 25.1 Å². The average Bonchev–Trinajstić information content (AvgIpc) is 3.09. The molecule has 0 saturated carbocycles. The Kier molecular flexibility index (Phi) is 20.1. The summed E-state index contributed by atoms with van der Waals surface area (Å²) in [5, 5.41) is 32.4. The van der Waals surface area contributed by atoms with Crippen LogP contribution in [0, 0.1) is 0 Å². The minimum absolute atomic E-state index is 0.0266. The van der Waals surface area contributed by atoms with Crippen LogP contribution in [0.3, 0.4) is 0 Å². The van der Waals surface area contributed by atoms with Crippen LogP contribution in [0.2, 0.25) is 0 Å². The van der Waals surface area contributed by atoms with E-state index in [4.69, 9.17) is 10.5 Å². The summed E-state index contributed by atoms with van der Waals surface area (Å²) in [6, 6.07) is 1.22. The monoisotopic (exact) mass is 804 g/mol. The number of carboxylic acids is 1. The van der Waals surface area contributed by atoms with E-state index in [0.29, 0.717) is 5.56 Å². The zero-order valence-electron chi connectivity index (χ0n) is 28.7. The van der Waals surface area contributed by atoms with E-state index in [1.165, 1.54) is 20.9 Å². The third-order valence-electron chi connectivity index (χ3n) is 7.27. The van der Waals surface area contributed by atoms with E-state index in [1.807, 2.05) is 0 Å². The number of nitrogens with one attached hydrogen (secondary N) is 5. The number of amides is 4. The molecule has 1 aromatic carbocycles. The predicted octanol–water partition coefficient (Wildman–Crippen LogP) is -1.24. The van der Waals surface area contributed by atoms with Crippen LogP contribution in [0.25, 0.3) is 0 Å². The summed E-state index contributed by atoms with van der Waals surface area (Å²) in [5.74, 6) is -6.80. The SMILES string of the molecule is CN[C@H]1CSSC[C@@H](C(C)=O)NC(=O)[C@H](CC(=O)O)NC(=O)[C@@H](N)CSSC[C@@H](C(=O)CC(=O)OCc2ccccc2)NC(=O)C([C@@H](C)O)NC1=O. The number of carbonyl (C=O) groups excluding carboxylic acids is 7. The third-order valence-corrected chi connectivity index (χ3v) is 12.1. The summed E-state index contributed by atoms with van der Waals surface area (Å²) in [6.45, 7) is 2.43. The van der Waals surface area contributed by atoms with Crippen molar-refractivity contribution < 1.29 is 53.3 Å². The van der Waals surface area contributed by atoms with Crippen LogP contribution >= 0.6 is 43.2 Å². The molecular formula is C31H44N6O11S4. The summed E-state index contributed by atoms with van der Waals surface area (Å²) in [5.41, 5.74) is 6.70. The number of esters is 1. The predicted molar refractivity (Wildman–Crippen MR) is 199 cm³/mol. The number of nitrogens with two attached hydrogens (primary N) is 1. The first kappa shape index (κ1) is 44.8. The minimum atomic E-state index is -1.55. The average molecular weight is 805 g/mol. The summed E-state index contributed by atoms with van der Waals surface area (Å²) in [7, 11) is 5.81. The fourth-order valence-electron chi connectivity index (χ4n) is 4.22. The molecule has 288 valence electrons. The lowest BCUT2D eigenvalue weighted by Crippen LogP contribution is -2.59. The first-order valence-corrected chi connectivity index (χ1v) is 20.9. The molecule has 2 rings (SSSR count). The molecule has 0 aromatic heterocycles. The van der Waals surface area contributed by atoms with Gasteiger partial charge in [-0.3, -0.25) is 38.4 Å². The molecule has 1 heterocycles. The van der Waals surface area contributed by atoms with Gasteiger partial charge >= 0.3 is 11.9 Å². The number of Topliss-reactive ketones (excluding diaryl/α,β-unsaturated/α-hetero) is 2. The van der Waals surface area contributed by atoms with Gasteiger partial charge in [-0.15, -0.1) is 0 Å². The van der Waals surface area contributed by atoms with Gasteiger partial charge in [-0.25, -0.2) is 0 Å². The van der Waals surface area contributed by atoms with E-state index >= 15 is 0 Å². The molecule has 1 aromatic rings. The number of hydrogen-bond acceptors (Lipinski definition) is 16. The van der Waals surface area contributed by atoms with Crippen molar-refractivity contribution in [2.24, 2.45) is 5.73 Å². The largest absolute Gasteiger partial charge is 0.481 e. The maximum atomic E-state index is 13.4. The number of rotatable bonds is 10. The Morgan fingerprint density at radius 3 is 2.06 bits per heavy atom. The molecule has 52 heavy (non-hydrogen) atoms. The summed E-state index contributed by atoms with van der Waals surface area (Å²) in [4.78, 5) is 102. The molecule has 9 N–H and O–H groups in total. The Balaban J connectivity index is 2.30. The highest BCUT2D eigenvalue weighted by Crippen LogP contribution is 2.25. The lowest BCUT2D eigenvalue weighted by Gasteiger charge is -2.26. The topological polar surface area (TPSA) is 272 Å². The number of carboxylic acid groups (broad SMARTS) is 1. The number of carbonyl (C=O) groups is 8. The Morgan fingerprint density at radius 2 is 1.46 bits per heavy atom. The highest BCUT2D eigenvalue weighted by molar-refractivity contribution is 8.77. The second-order valence-corrected chi connectivity index (χ2v) is 16.6. The van der Waals surface area contributed by atoms with Crippen molar-refractivity contribution in [3.05, 3.63) is 35.9 Å². The molecule has 4 amide bonds. The molecule has 21 heteroatoms. The standard InChI is InChI=1S/C31H44N6O11S4/c1-16(38)21-13-50-52-15-23(33-3)30(46)37-27(17(2)39)31(47)36-22(24(40)10-26(43)48-11-18-7-5-4-6-8-18)14-51-49-12-19(32)28(44)34-20(9-25(41)42)29(45)35-21/h4-8,17,19-23,27,33,39H,9-15,32H2,1-3H3,(H,34,44)(H,35,45)(H,36,47)(H,37,46)(H,41,42)/t17-,19+,20+,21+,22+,23+,27?/m1/s1. The Bertz CT molecular complexity index is 1420. The smallest absolute Gasteiger partial charge is 0.313 e. The molecule has 0 aliphatic carbocycles. The van der Waals surface area contributed by atoms with Crippen molar-refractivity contribution in [1.29, 1.82) is 0 Å². The molecule has 1 aliphatic rings. The second-order valence-electron chi connectivity index (χ2n) is 11.5. The lowest BCUT2D eigenvalue weighted by molar-refractivity contribution is -0.148. The summed E-state index contributed by atoms with van der Waals surface area (Å²) >= 11 is 0. The number of ether oxygens (including phenoxy) is 1. The van der Waals surface area contributed by atoms with Crippen LogP contribution in [0.4, 0.5) is 0 Å². The summed E-state index contributed by atoms with van der Waals surface area (Å²) in [6.07, 6.45) is -2.89. The van der Waals surface area contributed by atoms with Gasteiger partial charge in [0.15, 0.2) is 11.6 Å². The van der Waals surface area contributed by atoms with Crippen LogP contribution in [0.1, 0.15) is 32.3 Å². The van der Waals surface area contributed by atoms with Crippen molar-refractivity contribution in [1.82, 2.24) is 26.6 Å². The van der Waals surface area contributed by atoms with Gasteiger partial charge in [0.25, 0.3) is 0 Å². The molecule has 1 saturated heterocycles. The normalized spacial score (nSPS) is 25.4.